The molecule has 5 nitrogen and oxygen atoms in total. The number of ether oxygens (including phenoxy) is 1. The number of aryl methyl sites for hydroxylation is 1. The lowest BCUT2D eigenvalue weighted by atomic mass is 10.1. The van der Waals surface area contributed by atoms with Crippen LogP contribution >= 0.6 is 0 Å². The van der Waals surface area contributed by atoms with Crippen LogP contribution in [0.3, 0.4) is 0 Å². The zero-order valence-corrected chi connectivity index (χ0v) is 13.7. The van der Waals surface area contributed by atoms with Gasteiger partial charge in [-0.15, -0.1) is 0 Å². The summed E-state index contributed by atoms with van der Waals surface area (Å²) >= 11 is 0. The predicted molar refractivity (Wildman–Crippen MR) is 94.1 cm³/mol. The molecule has 0 fully saturated rings. The highest BCUT2D eigenvalue weighted by Crippen LogP contribution is 2.13. The van der Waals surface area contributed by atoms with Crippen LogP contribution in [0.4, 0.5) is 0 Å². The number of carbonyl (C=O) groups is 1. The Kier molecular flexibility index (Phi) is 5.11. The SMILES string of the molecule is Cc1nc2ccc(CCNC(=O)CCOc3ccccc3)cc2[nH]1. The second-order valence-electron chi connectivity index (χ2n) is 5.69. The first-order valence-corrected chi connectivity index (χ1v) is 8.10. The third kappa shape index (κ3) is 4.35. The van der Waals surface area contributed by atoms with Gasteiger partial charge in [-0.3, -0.25) is 4.79 Å². The maximum Gasteiger partial charge on any atom is 0.223 e. The van der Waals surface area contributed by atoms with Crippen LogP contribution in [0, 0.1) is 6.92 Å². The average molecular weight is 323 g/mol. The van der Waals surface area contributed by atoms with Crippen molar-refractivity contribution in [3.05, 3.63) is 59.9 Å². The number of hydrogen-bond acceptors (Lipinski definition) is 3. The Morgan fingerprint density at radius 3 is 2.88 bits per heavy atom. The number of aromatic amines is 1. The van der Waals surface area contributed by atoms with Crippen molar-refractivity contribution in [3.8, 4) is 5.75 Å². The topological polar surface area (TPSA) is 67.0 Å². The maximum absolute atomic E-state index is 11.8. The fraction of sp³-hybridized carbons (Fsp3) is 0.263. The van der Waals surface area contributed by atoms with Gasteiger partial charge in [0.05, 0.1) is 24.1 Å². The van der Waals surface area contributed by atoms with Crippen LogP contribution in [0.25, 0.3) is 11.0 Å². The molecule has 0 radical (unpaired) electrons. The molecule has 2 aromatic carbocycles. The highest BCUT2D eigenvalue weighted by molar-refractivity contribution is 5.76. The summed E-state index contributed by atoms with van der Waals surface area (Å²) in [5, 5.41) is 2.93. The number of H-pyrrole nitrogens is 1. The lowest BCUT2D eigenvalue weighted by Crippen LogP contribution is -2.27. The van der Waals surface area contributed by atoms with Crippen molar-refractivity contribution >= 4 is 16.9 Å². The van der Waals surface area contributed by atoms with Crippen molar-refractivity contribution in [3.63, 3.8) is 0 Å². The standard InChI is InChI=1S/C19H21N3O2/c1-14-21-17-8-7-15(13-18(17)22-14)9-11-20-19(23)10-12-24-16-5-3-2-4-6-16/h2-8,13H,9-12H2,1H3,(H,20,23)(H,21,22). The molecule has 24 heavy (non-hydrogen) atoms. The second-order valence-corrected chi connectivity index (χ2v) is 5.69. The monoisotopic (exact) mass is 323 g/mol. The highest BCUT2D eigenvalue weighted by atomic mass is 16.5. The predicted octanol–water partition coefficient (Wildman–Crippen LogP) is 3.00. The molecule has 5 heteroatoms. The summed E-state index contributed by atoms with van der Waals surface area (Å²) in [5.74, 6) is 1.70. The van der Waals surface area contributed by atoms with Gasteiger partial charge in [-0.25, -0.2) is 4.98 Å². The zero-order valence-electron chi connectivity index (χ0n) is 13.7. The summed E-state index contributed by atoms with van der Waals surface area (Å²) in [6.45, 7) is 2.94. The number of hydrogen-bond donors (Lipinski definition) is 2. The number of nitrogens with zero attached hydrogens (tertiary/aromatic N) is 1. The van der Waals surface area contributed by atoms with Gasteiger partial charge in [0, 0.05) is 6.54 Å². The van der Waals surface area contributed by atoms with Crippen LogP contribution in [0.2, 0.25) is 0 Å². The van der Waals surface area contributed by atoms with Crippen LogP contribution in [0.15, 0.2) is 48.5 Å². The highest BCUT2D eigenvalue weighted by Gasteiger charge is 2.04. The molecule has 0 atom stereocenters. The number of carbonyl (C=O) groups excluding carboxylic acids is 1. The molecule has 2 N–H and O–H groups in total. The van der Waals surface area contributed by atoms with Crippen molar-refractivity contribution in [2.75, 3.05) is 13.2 Å². The Labute approximate surface area is 141 Å². The third-order valence-electron chi connectivity index (χ3n) is 3.74. The van der Waals surface area contributed by atoms with Crippen molar-refractivity contribution in [2.24, 2.45) is 0 Å². The van der Waals surface area contributed by atoms with E-state index in [0.29, 0.717) is 19.6 Å². The molecule has 1 heterocycles. The number of rotatable bonds is 7. The first-order chi connectivity index (χ1) is 11.7. The Balaban J connectivity index is 1.39. The van der Waals surface area contributed by atoms with Gasteiger partial charge >= 0.3 is 0 Å². The molecule has 0 bridgehead atoms. The summed E-state index contributed by atoms with van der Waals surface area (Å²) in [5.41, 5.74) is 3.18. The van der Waals surface area contributed by atoms with E-state index in [0.717, 1.165) is 29.0 Å². The van der Waals surface area contributed by atoms with E-state index in [1.54, 1.807) is 0 Å². The Hall–Kier alpha value is -2.82. The number of fused-ring (bicyclic) bond motifs is 1. The van der Waals surface area contributed by atoms with Crippen molar-refractivity contribution in [1.82, 2.24) is 15.3 Å². The summed E-state index contributed by atoms with van der Waals surface area (Å²) in [7, 11) is 0. The van der Waals surface area contributed by atoms with Gasteiger partial charge in [0.1, 0.15) is 11.6 Å². The van der Waals surface area contributed by atoms with Crippen LogP contribution in [-0.2, 0) is 11.2 Å². The molecule has 0 saturated carbocycles. The van der Waals surface area contributed by atoms with E-state index in [4.69, 9.17) is 4.74 Å². The summed E-state index contributed by atoms with van der Waals surface area (Å²) in [6, 6.07) is 15.6. The third-order valence-corrected chi connectivity index (χ3v) is 3.74. The zero-order chi connectivity index (χ0) is 16.8. The fourth-order valence-electron chi connectivity index (χ4n) is 2.55. The van der Waals surface area contributed by atoms with Gasteiger partial charge in [-0.05, 0) is 43.2 Å². The lowest BCUT2D eigenvalue weighted by Gasteiger charge is -2.07. The Morgan fingerprint density at radius 1 is 1.21 bits per heavy atom. The van der Waals surface area contributed by atoms with Gasteiger partial charge in [0.15, 0.2) is 0 Å². The van der Waals surface area contributed by atoms with E-state index in [1.165, 1.54) is 5.56 Å². The maximum atomic E-state index is 11.8. The number of imidazole rings is 1. The fourth-order valence-corrected chi connectivity index (χ4v) is 2.55. The quantitative estimate of drug-likeness (QED) is 0.702. The Morgan fingerprint density at radius 2 is 2.04 bits per heavy atom. The van der Waals surface area contributed by atoms with Crippen LogP contribution in [-0.4, -0.2) is 29.0 Å². The number of benzene rings is 2. The number of aromatic nitrogens is 2. The van der Waals surface area contributed by atoms with Crippen LogP contribution in [0.1, 0.15) is 17.8 Å². The summed E-state index contributed by atoms with van der Waals surface area (Å²) in [6.07, 6.45) is 1.15. The van der Waals surface area contributed by atoms with Gasteiger partial charge in [-0.1, -0.05) is 24.3 Å². The molecule has 1 amide bonds. The second kappa shape index (κ2) is 7.64. The smallest absolute Gasteiger partial charge is 0.223 e. The number of nitrogens with one attached hydrogen (secondary N) is 2. The van der Waals surface area contributed by atoms with Crippen LogP contribution < -0.4 is 10.1 Å². The lowest BCUT2D eigenvalue weighted by molar-refractivity contribution is -0.121. The summed E-state index contributed by atoms with van der Waals surface area (Å²) < 4.78 is 5.52. The first-order valence-electron chi connectivity index (χ1n) is 8.10. The molecule has 3 aromatic rings. The minimum atomic E-state index is 0.00407. The minimum Gasteiger partial charge on any atom is -0.493 e. The van der Waals surface area contributed by atoms with E-state index in [2.05, 4.69) is 21.4 Å². The van der Waals surface area contributed by atoms with E-state index in [9.17, 15) is 4.79 Å². The average Bonchev–Trinajstić information content (AvgIpc) is 2.95. The molecule has 0 unspecified atom stereocenters. The number of para-hydroxylation sites is 1. The van der Waals surface area contributed by atoms with E-state index in [1.807, 2.05) is 49.4 Å². The molecule has 0 aliphatic carbocycles. The molecular formula is C19H21N3O2. The first kappa shape index (κ1) is 16.1. The van der Waals surface area contributed by atoms with Crippen molar-refractivity contribution in [1.29, 1.82) is 0 Å². The van der Waals surface area contributed by atoms with Gasteiger partial charge in [0.2, 0.25) is 5.91 Å². The number of amides is 1. The molecule has 124 valence electrons. The van der Waals surface area contributed by atoms with Crippen molar-refractivity contribution in [2.45, 2.75) is 19.8 Å². The van der Waals surface area contributed by atoms with Crippen molar-refractivity contribution < 1.29 is 9.53 Å². The Bertz CT molecular complexity index is 812. The van der Waals surface area contributed by atoms with Crippen LogP contribution in [0.5, 0.6) is 5.75 Å². The molecule has 0 spiro atoms. The normalized spacial score (nSPS) is 10.7. The molecule has 0 aliphatic heterocycles. The minimum absolute atomic E-state index is 0.00407. The van der Waals surface area contributed by atoms with E-state index in [-0.39, 0.29) is 5.91 Å². The van der Waals surface area contributed by atoms with Gasteiger partial charge in [-0.2, -0.15) is 0 Å². The van der Waals surface area contributed by atoms with E-state index < -0.39 is 0 Å². The summed E-state index contributed by atoms with van der Waals surface area (Å²) in [4.78, 5) is 19.4. The molecule has 3 rings (SSSR count). The molecule has 0 aliphatic rings. The van der Waals surface area contributed by atoms with Gasteiger partial charge < -0.3 is 15.0 Å². The molecule has 0 saturated heterocycles. The van der Waals surface area contributed by atoms with E-state index >= 15 is 0 Å². The van der Waals surface area contributed by atoms with Gasteiger partial charge in [0.25, 0.3) is 0 Å². The molecular weight excluding hydrogens is 302 g/mol. The largest absolute Gasteiger partial charge is 0.493 e. The molecule has 1 aromatic heterocycles.